The lowest BCUT2D eigenvalue weighted by Gasteiger charge is -2.12. The molecule has 1 N–H and O–H groups in total. The second-order valence-electron chi connectivity index (χ2n) is 3.44. The number of carboxylic acids is 1. The summed E-state index contributed by atoms with van der Waals surface area (Å²) in [6.07, 6.45) is 2.11. The van der Waals surface area contributed by atoms with Gasteiger partial charge in [0.2, 0.25) is 0 Å². The number of carbonyl (C=O) groups is 1. The van der Waals surface area contributed by atoms with Crippen LogP contribution in [-0.2, 0) is 0 Å². The van der Waals surface area contributed by atoms with Gasteiger partial charge in [0.05, 0.1) is 5.56 Å². The Bertz CT molecular complexity index is 314. The predicted octanol–water partition coefficient (Wildman–Crippen LogP) is 3.29. The number of hydrogen-bond acceptors (Lipinski definition) is 1. The summed E-state index contributed by atoms with van der Waals surface area (Å²) in [5.41, 5.74) is 1.52. The largest absolute Gasteiger partial charge is 0.478 e. The van der Waals surface area contributed by atoms with Gasteiger partial charge in [0.1, 0.15) is 0 Å². The Balaban J connectivity index is 2.98. The summed E-state index contributed by atoms with van der Waals surface area (Å²) in [6, 6.07) is 7.23. The lowest BCUT2D eigenvalue weighted by molar-refractivity contribution is 0.0696. The summed E-state index contributed by atoms with van der Waals surface area (Å²) in [5.74, 6) is -0.368. The van der Waals surface area contributed by atoms with Crippen LogP contribution < -0.4 is 0 Å². The fourth-order valence-corrected chi connectivity index (χ4v) is 1.69. The number of carboxylic acid groups (broad SMARTS) is 1. The van der Waals surface area contributed by atoms with Crippen LogP contribution in [0.25, 0.3) is 0 Å². The first kappa shape index (κ1) is 10.8. The van der Waals surface area contributed by atoms with E-state index in [0.29, 0.717) is 11.5 Å². The van der Waals surface area contributed by atoms with Crippen molar-refractivity contribution in [3.63, 3.8) is 0 Å². The Morgan fingerprint density at radius 2 is 2.00 bits per heavy atom. The van der Waals surface area contributed by atoms with Crippen molar-refractivity contribution in [2.75, 3.05) is 0 Å². The Morgan fingerprint density at radius 1 is 1.36 bits per heavy atom. The van der Waals surface area contributed by atoms with Gasteiger partial charge in [0, 0.05) is 0 Å². The molecular weight excluding hydrogens is 176 g/mol. The normalized spacial score (nSPS) is 10.5. The number of aromatic carboxylic acids is 1. The predicted molar refractivity (Wildman–Crippen MR) is 56.7 cm³/mol. The van der Waals surface area contributed by atoms with Gasteiger partial charge in [-0.05, 0) is 36.5 Å². The molecular formula is C12H16O2. The molecule has 0 spiro atoms. The first-order valence-electron chi connectivity index (χ1n) is 5.02. The monoisotopic (exact) mass is 192 g/mol. The maximum atomic E-state index is 10.8. The Hall–Kier alpha value is -1.31. The summed E-state index contributed by atoms with van der Waals surface area (Å²) >= 11 is 0. The second-order valence-corrected chi connectivity index (χ2v) is 3.44. The van der Waals surface area contributed by atoms with Crippen molar-refractivity contribution < 1.29 is 9.90 Å². The van der Waals surface area contributed by atoms with E-state index in [2.05, 4.69) is 13.8 Å². The smallest absolute Gasteiger partial charge is 0.335 e. The molecule has 0 aliphatic rings. The van der Waals surface area contributed by atoms with E-state index in [0.717, 1.165) is 18.4 Å². The molecule has 0 saturated carbocycles. The van der Waals surface area contributed by atoms with E-state index in [-0.39, 0.29) is 0 Å². The lowest BCUT2D eigenvalue weighted by Crippen LogP contribution is -2.00. The lowest BCUT2D eigenvalue weighted by atomic mass is 9.93. The SMILES string of the molecule is CCC(CC)c1cccc(C(=O)O)c1. The highest BCUT2D eigenvalue weighted by molar-refractivity contribution is 5.87. The van der Waals surface area contributed by atoms with Crippen LogP contribution in [0.1, 0.15) is 48.5 Å². The van der Waals surface area contributed by atoms with Gasteiger partial charge in [-0.1, -0.05) is 26.0 Å². The molecule has 0 aliphatic carbocycles. The first-order chi connectivity index (χ1) is 6.69. The standard InChI is InChI=1S/C12H16O2/c1-3-9(4-2)10-6-5-7-11(8-10)12(13)14/h5-9H,3-4H2,1-2H3,(H,13,14). The van der Waals surface area contributed by atoms with Crippen molar-refractivity contribution in [3.8, 4) is 0 Å². The highest BCUT2D eigenvalue weighted by atomic mass is 16.4. The third-order valence-electron chi connectivity index (χ3n) is 2.59. The van der Waals surface area contributed by atoms with Crippen LogP contribution in [0.4, 0.5) is 0 Å². The quantitative estimate of drug-likeness (QED) is 0.794. The summed E-state index contributed by atoms with van der Waals surface area (Å²) in [4.78, 5) is 10.8. The summed E-state index contributed by atoms with van der Waals surface area (Å²) in [7, 11) is 0. The average Bonchev–Trinajstić information content (AvgIpc) is 2.20. The molecule has 1 aromatic rings. The van der Waals surface area contributed by atoms with Crippen LogP contribution in [0.15, 0.2) is 24.3 Å². The van der Waals surface area contributed by atoms with E-state index in [9.17, 15) is 4.79 Å². The summed E-state index contributed by atoms with van der Waals surface area (Å²) in [5, 5.41) is 8.84. The molecule has 0 fully saturated rings. The van der Waals surface area contributed by atoms with Crippen molar-refractivity contribution in [2.24, 2.45) is 0 Å². The van der Waals surface area contributed by atoms with Gasteiger partial charge in [-0.3, -0.25) is 0 Å². The van der Waals surface area contributed by atoms with Gasteiger partial charge < -0.3 is 5.11 Å². The molecule has 0 unspecified atom stereocenters. The molecule has 0 aromatic heterocycles. The maximum Gasteiger partial charge on any atom is 0.335 e. The minimum atomic E-state index is -0.849. The average molecular weight is 192 g/mol. The minimum absolute atomic E-state index is 0.384. The van der Waals surface area contributed by atoms with E-state index in [1.165, 1.54) is 0 Å². The minimum Gasteiger partial charge on any atom is -0.478 e. The Kier molecular flexibility index (Phi) is 3.69. The van der Waals surface area contributed by atoms with E-state index in [4.69, 9.17) is 5.11 Å². The molecule has 0 amide bonds. The van der Waals surface area contributed by atoms with Crippen LogP contribution in [0, 0.1) is 0 Å². The molecule has 2 heteroatoms. The van der Waals surface area contributed by atoms with Crippen LogP contribution in [0.3, 0.4) is 0 Å². The van der Waals surface area contributed by atoms with Crippen LogP contribution >= 0.6 is 0 Å². The van der Waals surface area contributed by atoms with Gasteiger partial charge in [-0.15, -0.1) is 0 Å². The Labute approximate surface area is 84.6 Å². The number of benzene rings is 1. The van der Waals surface area contributed by atoms with Crippen molar-refractivity contribution in [3.05, 3.63) is 35.4 Å². The Morgan fingerprint density at radius 3 is 2.50 bits per heavy atom. The molecule has 2 nitrogen and oxygen atoms in total. The van der Waals surface area contributed by atoms with Gasteiger partial charge in [-0.25, -0.2) is 4.79 Å². The molecule has 0 saturated heterocycles. The summed E-state index contributed by atoms with van der Waals surface area (Å²) in [6.45, 7) is 4.25. The highest BCUT2D eigenvalue weighted by Crippen LogP contribution is 2.23. The second kappa shape index (κ2) is 4.80. The number of hydrogen-bond donors (Lipinski definition) is 1. The third-order valence-corrected chi connectivity index (χ3v) is 2.59. The van der Waals surface area contributed by atoms with Crippen molar-refractivity contribution in [2.45, 2.75) is 32.6 Å². The van der Waals surface area contributed by atoms with Crippen molar-refractivity contribution in [1.82, 2.24) is 0 Å². The van der Waals surface area contributed by atoms with Gasteiger partial charge in [0.15, 0.2) is 0 Å². The molecule has 0 bridgehead atoms. The number of rotatable bonds is 4. The van der Waals surface area contributed by atoms with E-state index in [1.54, 1.807) is 12.1 Å². The molecule has 1 aromatic carbocycles. The molecule has 14 heavy (non-hydrogen) atoms. The van der Waals surface area contributed by atoms with Gasteiger partial charge in [0.25, 0.3) is 0 Å². The van der Waals surface area contributed by atoms with Gasteiger partial charge >= 0.3 is 5.97 Å². The highest BCUT2D eigenvalue weighted by Gasteiger charge is 2.09. The summed E-state index contributed by atoms with van der Waals surface area (Å²) < 4.78 is 0. The topological polar surface area (TPSA) is 37.3 Å². The zero-order valence-electron chi connectivity index (χ0n) is 8.66. The van der Waals surface area contributed by atoms with E-state index < -0.39 is 5.97 Å². The van der Waals surface area contributed by atoms with Gasteiger partial charge in [-0.2, -0.15) is 0 Å². The zero-order chi connectivity index (χ0) is 10.6. The zero-order valence-corrected chi connectivity index (χ0v) is 8.66. The first-order valence-corrected chi connectivity index (χ1v) is 5.02. The molecule has 76 valence electrons. The molecule has 0 atom stereocenters. The third kappa shape index (κ3) is 2.34. The maximum absolute atomic E-state index is 10.8. The molecule has 1 rings (SSSR count). The van der Waals surface area contributed by atoms with Crippen LogP contribution in [0.5, 0.6) is 0 Å². The molecule has 0 heterocycles. The van der Waals surface area contributed by atoms with Crippen LogP contribution in [-0.4, -0.2) is 11.1 Å². The fraction of sp³-hybridized carbons (Fsp3) is 0.417. The van der Waals surface area contributed by atoms with Crippen molar-refractivity contribution >= 4 is 5.97 Å². The molecule has 0 radical (unpaired) electrons. The van der Waals surface area contributed by atoms with E-state index >= 15 is 0 Å². The fourth-order valence-electron chi connectivity index (χ4n) is 1.69. The van der Waals surface area contributed by atoms with Crippen LogP contribution in [0.2, 0.25) is 0 Å². The molecule has 0 aliphatic heterocycles. The van der Waals surface area contributed by atoms with Crippen molar-refractivity contribution in [1.29, 1.82) is 0 Å². The van der Waals surface area contributed by atoms with E-state index in [1.807, 2.05) is 12.1 Å².